The molecule has 2 aliphatic heterocycles. The second-order valence-electron chi connectivity index (χ2n) is 7.91. The minimum absolute atomic E-state index is 0.120. The topological polar surface area (TPSA) is 88.4 Å². The summed E-state index contributed by atoms with van der Waals surface area (Å²) in [5.74, 6) is 0.826. The quantitative estimate of drug-likeness (QED) is 0.647. The number of aliphatic hydroxyl groups is 3. The number of hydrogen-bond donors (Lipinski definition) is 3. The van der Waals surface area contributed by atoms with E-state index in [2.05, 4.69) is 0 Å². The average Bonchev–Trinajstić information content (AvgIpc) is 3.26. The Morgan fingerprint density at radius 1 is 1.10 bits per heavy atom. The second-order valence-corrected chi connectivity index (χ2v) is 8.32. The van der Waals surface area contributed by atoms with Gasteiger partial charge < -0.3 is 29.5 Å². The van der Waals surface area contributed by atoms with Gasteiger partial charge >= 0.3 is 0 Å². The van der Waals surface area contributed by atoms with Gasteiger partial charge in [0, 0.05) is 17.9 Å². The molecule has 0 saturated carbocycles. The van der Waals surface area contributed by atoms with Crippen molar-refractivity contribution in [2.45, 2.75) is 49.8 Å². The van der Waals surface area contributed by atoms with Gasteiger partial charge in [0.25, 0.3) is 0 Å². The maximum Gasteiger partial charge on any atom is 0.124 e. The number of ether oxygens (including phenoxy) is 3. The summed E-state index contributed by atoms with van der Waals surface area (Å²) in [6.45, 7) is 1.03. The van der Waals surface area contributed by atoms with Gasteiger partial charge in [0.15, 0.2) is 0 Å². The highest BCUT2D eigenvalue weighted by Crippen LogP contribution is 2.34. The zero-order valence-electron chi connectivity index (χ0n) is 16.6. The van der Waals surface area contributed by atoms with E-state index in [1.807, 2.05) is 42.5 Å². The van der Waals surface area contributed by atoms with Crippen LogP contribution in [0.5, 0.6) is 5.75 Å². The van der Waals surface area contributed by atoms with Crippen molar-refractivity contribution >= 4 is 11.6 Å². The predicted octanol–water partition coefficient (Wildman–Crippen LogP) is 2.64. The molecule has 4 rings (SSSR count). The molecular weight excluding hydrogens is 408 g/mol. The molecule has 6 nitrogen and oxygen atoms in total. The molecule has 0 unspecified atom stereocenters. The molecule has 2 aliphatic rings. The fourth-order valence-corrected chi connectivity index (χ4v) is 4.14. The summed E-state index contributed by atoms with van der Waals surface area (Å²) >= 11 is 6.43. The van der Waals surface area contributed by atoms with E-state index in [-0.39, 0.29) is 19.1 Å². The standard InChI is InChI=1S/C23H27ClO6/c24-19-6-3-15(21-11-20(26)23(27)22(12-25)30-21)10-16(19)9-14-1-4-17(5-2-14)29-18-7-8-28-13-18/h1-6,10,18,20-23,25-27H,7-9,11-13H2/t18-,20-,21-,22-,23+/m1/s1. The number of hydrogen-bond acceptors (Lipinski definition) is 6. The molecule has 0 aromatic heterocycles. The van der Waals surface area contributed by atoms with Crippen molar-refractivity contribution in [2.24, 2.45) is 0 Å². The zero-order valence-corrected chi connectivity index (χ0v) is 17.4. The Morgan fingerprint density at radius 2 is 1.90 bits per heavy atom. The van der Waals surface area contributed by atoms with E-state index in [1.165, 1.54) is 0 Å². The number of benzene rings is 2. The van der Waals surface area contributed by atoms with Crippen LogP contribution in [0.2, 0.25) is 5.02 Å². The van der Waals surface area contributed by atoms with Crippen LogP contribution >= 0.6 is 11.6 Å². The van der Waals surface area contributed by atoms with Gasteiger partial charge in [0.2, 0.25) is 0 Å². The number of rotatable bonds is 6. The molecule has 0 bridgehead atoms. The molecule has 0 radical (unpaired) electrons. The highest BCUT2D eigenvalue weighted by atomic mass is 35.5. The van der Waals surface area contributed by atoms with Crippen LogP contribution in [0, 0.1) is 0 Å². The average molecular weight is 435 g/mol. The van der Waals surface area contributed by atoms with Gasteiger partial charge in [-0.25, -0.2) is 0 Å². The van der Waals surface area contributed by atoms with E-state index < -0.39 is 24.4 Å². The number of halogens is 1. The highest BCUT2D eigenvalue weighted by Gasteiger charge is 2.37. The lowest BCUT2D eigenvalue weighted by Crippen LogP contribution is -2.47. The molecular formula is C23H27ClO6. The Bertz CT molecular complexity index is 836. The molecule has 2 aromatic carbocycles. The molecule has 7 heteroatoms. The second kappa shape index (κ2) is 9.64. The van der Waals surface area contributed by atoms with E-state index in [9.17, 15) is 15.3 Å². The molecule has 2 fully saturated rings. The lowest BCUT2D eigenvalue weighted by Gasteiger charge is -2.36. The Morgan fingerprint density at radius 3 is 2.60 bits per heavy atom. The molecule has 0 spiro atoms. The molecule has 0 amide bonds. The Labute approximate surface area is 181 Å². The summed E-state index contributed by atoms with van der Waals surface area (Å²) in [4.78, 5) is 0. The van der Waals surface area contributed by atoms with Gasteiger partial charge in [-0.1, -0.05) is 35.9 Å². The smallest absolute Gasteiger partial charge is 0.124 e. The number of aliphatic hydroxyl groups excluding tert-OH is 3. The van der Waals surface area contributed by atoms with Crippen LogP contribution < -0.4 is 4.74 Å². The van der Waals surface area contributed by atoms with Crippen LogP contribution in [0.3, 0.4) is 0 Å². The van der Waals surface area contributed by atoms with Gasteiger partial charge in [0.1, 0.15) is 24.1 Å². The molecule has 2 saturated heterocycles. The van der Waals surface area contributed by atoms with Crippen LogP contribution in [0.25, 0.3) is 0 Å². The van der Waals surface area contributed by atoms with E-state index in [1.54, 1.807) is 0 Å². The first-order valence-electron chi connectivity index (χ1n) is 10.3. The molecule has 162 valence electrons. The van der Waals surface area contributed by atoms with Crippen LogP contribution in [-0.2, 0) is 15.9 Å². The summed E-state index contributed by atoms with van der Waals surface area (Å²) in [6.07, 6.45) is -1.33. The van der Waals surface area contributed by atoms with E-state index in [0.717, 1.165) is 35.5 Å². The van der Waals surface area contributed by atoms with E-state index in [4.69, 9.17) is 25.8 Å². The summed E-state index contributed by atoms with van der Waals surface area (Å²) < 4.78 is 17.0. The first kappa shape index (κ1) is 21.6. The van der Waals surface area contributed by atoms with Crippen molar-refractivity contribution in [1.82, 2.24) is 0 Å². The van der Waals surface area contributed by atoms with Crippen LogP contribution in [-0.4, -0.2) is 59.6 Å². The molecule has 3 N–H and O–H groups in total. The monoisotopic (exact) mass is 434 g/mol. The van der Waals surface area contributed by atoms with Gasteiger partial charge in [-0.05, 0) is 41.3 Å². The highest BCUT2D eigenvalue weighted by molar-refractivity contribution is 6.31. The van der Waals surface area contributed by atoms with Gasteiger partial charge in [-0.3, -0.25) is 0 Å². The summed E-state index contributed by atoms with van der Waals surface area (Å²) in [5.41, 5.74) is 2.90. The van der Waals surface area contributed by atoms with Crippen molar-refractivity contribution in [2.75, 3.05) is 19.8 Å². The molecule has 30 heavy (non-hydrogen) atoms. The van der Waals surface area contributed by atoms with E-state index in [0.29, 0.717) is 18.1 Å². The maximum absolute atomic E-state index is 10.1. The van der Waals surface area contributed by atoms with Gasteiger partial charge in [-0.2, -0.15) is 0 Å². The van der Waals surface area contributed by atoms with Crippen molar-refractivity contribution in [3.63, 3.8) is 0 Å². The third-order valence-corrected chi connectivity index (χ3v) is 6.07. The summed E-state index contributed by atoms with van der Waals surface area (Å²) in [5, 5.41) is 30.1. The summed E-state index contributed by atoms with van der Waals surface area (Å²) in [6, 6.07) is 13.6. The zero-order chi connectivity index (χ0) is 21.1. The van der Waals surface area contributed by atoms with Crippen molar-refractivity contribution < 1.29 is 29.5 Å². The van der Waals surface area contributed by atoms with Crippen LogP contribution in [0.1, 0.15) is 35.6 Å². The molecule has 5 atom stereocenters. The minimum Gasteiger partial charge on any atom is -0.488 e. The maximum atomic E-state index is 10.1. The fourth-order valence-electron chi connectivity index (χ4n) is 3.95. The normalized spacial score (nSPS) is 29.1. The van der Waals surface area contributed by atoms with Gasteiger partial charge in [0.05, 0.1) is 32.0 Å². The molecule has 2 heterocycles. The van der Waals surface area contributed by atoms with Crippen molar-refractivity contribution in [1.29, 1.82) is 0 Å². The Hall–Kier alpha value is -1.67. The minimum atomic E-state index is -1.09. The lowest BCUT2D eigenvalue weighted by atomic mass is 9.92. The Balaban J connectivity index is 1.45. The van der Waals surface area contributed by atoms with Crippen LogP contribution in [0.4, 0.5) is 0 Å². The van der Waals surface area contributed by atoms with Gasteiger partial charge in [-0.15, -0.1) is 0 Å². The third-order valence-electron chi connectivity index (χ3n) is 5.70. The SMILES string of the molecule is OC[C@H]1O[C@@H](c2ccc(Cl)c(Cc3ccc(O[C@@H]4CCOC4)cc3)c2)C[C@@H](O)[C@@H]1O. The molecule has 2 aromatic rings. The Kier molecular flexibility index (Phi) is 6.93. The predicted molar refractivity (Wildman–Crippen MR) is 112 cm³/mol. The van der Waals surface area contributed by atoms with E-state index >= 15 is 0 Å². The third kappa shape index (κ3) is 4.97. The summed E-state index contributed by atoms with van der Waals surface area (Å²) in [7, 11) is 0. The first-order chi connectivity index (χ1) is 14.5. The molecule has 0 aliphatic carbocycles. The first-order valence-corrected chi connectivity index (χ1v) is 10.7. The lowest BCUT2D eigenvalue weighted by molar-refractivity contribution is -0.181. The van der Waals surface area contributed by atoms with Crippen LogP contribution in [0.15, 0.2) is 42.5 Å². The largest absolute Gasteiger partial charge is 0.488 e. The van der Waals surface area contributed by atoms with Crippen molar-refractivity contribution in [3.05, 3.63) is 64.2 Å². The fraction of sp³-hybridized carbons (Fsp3) is 0.478. The van der Waals surface area contributed by atoms with Crippen molar-refractivity contribution in [3.8, 4) is 5.75 Å².